The Labute approximate surface area is 114 Å². The number of pyridine rings is 1. The molecule has 3 rings (SSSR count). The maximum absolute atomic E-state index is 11.1. The fourth-order valence-corrected chi connectivity index (χ4v) is 3.22. The van der Waals surface area contributed by atoms with E-state index in [1.807, 2.05) is 4.90 Å². The molecule has 2 aromatic rings. The standard InChI is InChI=1S/C13H13N3O2S/c14-11-9(13(17)18)1-4-15-12(11)16-5-2-10-8(7-16)3-6-19-10/h1,3-4,6H,2,5,7,14H2,(H,17,18). The second-order valence-electron chi connectivity index (χ2n) is 4.44. The number of hydrogen-bond acceptors (Lipinski definition) is 5. The monoisotopic (exact) mass is 275 g/mol. The van der Waals surface area contributed by atoms with Crippen LogP contribution in [0.25, 0.3) is 0 Å². The largest absolute Gasteiger partial charge is 0.478 e. The van der Waals surface area contributed by atoms with Crippen LogP contribution in [0.3, 0.4) is 0 Å². The maximum Gasteiger partial charge on any atom is 0.337 e. The molecule has 0 aromatic carbocycles. The number of fused-ring (bicyclic) bond motifs is 1. The van der Waals surface area contributed by atoms with E-state index < -0.39 is 5.97 Å². The zero-order valence-electron chi connectivity index (χ0n) is 10.2. The van der Waals surface area contributed by atoms with Crippen LogP contribution >= 0.6 is 11.3 Å². The zero-order chi connectivity index (χ0) is 13.4. The molecule has 0 atom stereocenters. The Morgan fingerprint density at radius 1 is 1.47 bits per heavy atom. The van der Waals surface area contributed by atoms with Gasteiger partial charge in [0.1, 0.15) is 0 Å². The van der Waals surface area contributed by atoms with Gasteiger partial charge in [-0.25, -0.2) is 9.78 Å². The maximum atomic E-state index is 11.1. The fourth-order valence-electron chi connectivity index (χ4n) is 2.33. The first-order chi connectivity index (χ1) is 9.16. The number of carboxylic acids is 1. The fraction of sp³-hybridized carbons (Fsp3) is 0.231. The summed E-state index contributed by atoms with van der Waals surface area (Å²) in [6, 6.07) is 3.53. The van der Waals surface area contributed by atoms with E-state index in [9.17, 15) is 4.79 Å². The third kappa shape index (κ3) is 2.04. The molecule has 0 unspecified atom stereocenters. The van der Waals surface area contributed by atoms with E-state index in [0.717, 1.165) is 19.5 Å². The number of aromatic nitrogens is 1. The third-order valence-corrected chi connectivity index (χ3v) is 4.33. The van der Waals surface area contributed by atoms with Crippen molar-refractivity contribution in [2.75, 3.05) is 17.2 Å². The molecule has 98 valence electrons. The van der Waals surface area contributed by atoms with Gasteiger partial charge in [-0.05, 0) is 29.5 Å². The molecule has 6 heteroatoms. The minimum Gasteiger partial charge on any atom is -0.478 e. The van der Waals surface area contributed by atoms with Crippen LogP contribution < -0.4 is 10.6 Å². The number of nitrogens with two attached hydrogens (primary N) is 1. The van der Waals surface area contributed by atoms with Crippen LogP contribution in [0.4, 0.5) is 11.5 Å². The van der Waals surface area contributed by atoms with Crippen molar-refractivity contribution >= 4 is 28.8 Å². The van der Waals surface area contributed by atoms with Crippen LogP contribution in [0.1, 0.15) is 20.8 Å². The second-order valence-corrected chi connectivity index (χ2v) is 5.44. The van der Waals surface area contributed by atoms with Gasteiger partial charge in [0.15, 0.2) is 5.82 Å². The summed E-state index contributed by atoms with van der Waals surface area (Å²) >= 11 is 1.76. The second kappa shape index (κ2) is 4.55. The van der Waals surface area contributed by atoms with Crippen molar-refractivity contribution in [3.05, 3.63) is 39.7 Å². The van der Waals surface area contributed by atoms with E-state index in [2.05, 4.69) is 16.4 Å². The quantitative estimate of drug-likeness (QED) is 0.876. The number of aromatic carboxylic acids is 1. The van der Waals surface area contributed by atoms with Gasteiger partial charge in [-0.3, -0.25) is 0 Å². The van der Waals surface area contributed by atoms with Crippen molar-refractivity contribution < 1.29 is 9.90 Å². The Morgan fingerprint density at radius 3 is 3.11 bits per heavy atom. The van der Waals surface area contributed by atoms with Crippen molar-refractivity contribution in [3.8, 4) is 0 Å². The van der Waals surface area contributed by atoms with E-state index in [0.29, 0.717) is 5.82 Å². The lowest BCUT2D eigenvalue weighted by molar-refractivity contribution is 0.0698. The average Bonchev–Trinajstić information content (AvgIpc) is 2.85. The summed E-state index contributed by atoms with van der Waals surface area (Å²) < 4.78 is 0. The first kappa shape index (κ1) is 12.0. The smallest absolute Gasteiger partial charge is 0.337 e. The van der Waals surface area contributed by atoms with Crippen LogP contribution in [0.5, 0.6) is 0 Å². The molecule has 1 aliphatic rings. The van der Waals surface area contributed by atoms with Crippen molar-refractivity contribution in [2.45, 2.75) is 13.0 Å². The van der Waals surface area contributed by atoms with Crippen molar-refractivity contribution in [3.63, 3.8) is 0 Å². The summed E-state index contributed by atoms with van der Waals surface area (Å²) in [6.07, 6.45) is 2.45. The number of carboxylic acid groups (broad SMARTS) is 1. The van der Waals surface area contributed by atoms with Gasteiger partial charge in [0.25, 0.3) is 0 Å². The molecular formula is C13H13N3O2S. The molecule has 19 heavy (non-hydrogen) atoms. The molecule has 5 nitrogen and oxygen atoms in total. The number of nitrogen functional groups attached to an aromatic ring is 1. The highest BCUT2D eigenvalue weighted by Crippen LogP contribution is 2.30. The van der Waals surface area contributed by atoms with E-state index in [-0.39, 0.29) is 11.3 Å². The van der Waals surface area contributed by atoms with Crippen LogP contribution in [0.2, 0.25) is 0 Å². The molecule has 3 N–H and O–H groups in total. The van der Waals surface area contributed by atoms with Gasteiger partial charge in [-0.2, -0.15) is 0 Å². The van der Waals surface area contributed by atoms with Crippen LogP contribution in [0.15, 0.2) is 23.7 Å². The Bertz CT molecular complexity index is 639. The summed E-state index contributed by atoms with van der Waals surface area (Å²) in [5, 5.41) is 11.2. The van der Waals surface area contributed by atoms with E-state index in [4.69, 9.17) is 10.8 Å². The summed E-state index contributed by atoms with van der Waals surface area (Å²) in [7, 11) is 0. The molecule has 0 radical (unpaired) electrons. The van der Waals surface area contributed by atoms with Crippen LogP contribution in [-0.4, -0.2) is 22.6 Å². The summed E-state index contributed by atoms with van der Waals surface area (Å²) in [4.78, 5) is 18.8. The van der Waals surface area contributed by atoms with Crippen LogP contribution in [-0.2, 0) is 13.0 Å². The Kier molecular flexibility index (Phi) is 2.87. The SMILES string of the molecule is Nc1c(C(=O)O)ccnc1N1CCc2sccc2C1. The Hall–Kier alpha value is -2.08. The van der Waals surface area contributed by atoms with Crippen molar-refractivity contribution in [1.82, 2.24) is 4.98 Å². The van der Waals surface area contributed by atoms with Crippen molar-refractivity contribution in [2.24, 2.45) is 0 Å². The predicted molar refractivity (Wildman–Crippen MR) is 74.7 cm³/mol. The summed E-state index contributed by atoms with van der Waals surface area (Å²) in [6.45, 7) is 1.55. The number of thiophene rings is 1. The van der Waals surface area contributed by atoms with Gasteiger partial charge >= 0.3 is 5.97 Å². The molecule has 3 heterocycles. The van der Waals surface area contributed by atoms with Gasteiger partial charge in [0.05, 0.1) is 11.3 Å². The van der Waals surface area contributed by atoms with Gasteiger partial charge in [-0.15, -0.1) is 11.3 Å². The summed E-state index contributed by atoms with van der Waals surface area (Å²) in [5.74, 6) is -0.453. The molecule has 1 aliphatic heterocycles. The normalized spacial score (nSPS) is 14.2. The zero-order valence-corrected chi connectivity index (χ0v) is 11.0. The van der Waals surface area contributed by atoms with Gasteiger partial charge in [-0.1, -0.05) is 0 Å². The molecule has 0 bridgehead atoms. The lowest BCUT2D eigenvalue weighted by Crippen LogP contribution is -2.31. The highest BCUT2D eigenvalue weighted by atomic mass is 32.1. The van der Waals surface area contributed by atoms with Gasteiger partial charge < -0.3 is 15.7 Å². The Morgan fingerprint density at radius 2 is 2.32 bits per heavy atom. The van der Waals surface area contributed by atoms with Crippen LogP contribution in [0, 0.1) is 0 Å². The molecule has 0 saturated heterocycles. The molecule has 0 aliphatic carbocycles. The minimum absolute atomic E-state index is 0.112. The highest BCUT2D eigenvalue weighted by molar-refractivity contribution is 7.10. The Balaban J connectivity index is 1.96. The number of anilines is 2. The van der Waals surface area contributed by atoms with E-state index in [1.165, 1.54) is 22.7 Å². The third-order valence-electron chi connectivity index (χ3n) is 3.31. The van der Waals surface area contributed by atoms with Gasteiger partial charge in [0.2, 0.25) is 0 Å². The molecule has 0 spiro atoms. The number of hydrogen-bond donors (Lipinski definition) is 2. The van der Waals surface area contributed by atoms with Gasteiger partial charge in [0, 0.05) is 24.2 Å². The summed E-state index contributed by atoms with van der Waals surface area (Å²) in [5.41, 5.74) is 7.56. The number of rotatable bonds is 2. The molecule has 0 amide bonds. The molecular weight excluding hydrogens is 262 g/mol. The first-order valence-electron chi connectivity index (χ1n) is 5.95. The number of carbonyl (C=O) groups is 1. The molecule has 2 aromatic heterocycles. The lowest BCUT2D eigenvalue weighted by Gasteiger charge is -2.29. The average molecular weight is 275 g/mol. The molecule has 0 fully saturated rings. The number of nitrogens with zero attached hydrogens (tertiary/aromatic N) is 2. The van der Waals surface area contributed by atoms with Crippen molar-refractivity contribution in [1.29, 1.82) is 0 Å². The topological polar surface area (TPSA) is 79.5 Å². The first-order valence-corrected chi connectivity index (χ1v) is 6.82. The molecule has 0 saturated carbocycles. The van der Waals surface area contributed by atoms with E-state index >= 15 is 0 Å². The lowest BCUT2D eigenvalue weighted by atomic mass is 10.1. The predicted octanol–water partition coefficient (Wildman–Crippen LogP) is 1.99. The highest BCUT2D eigenvalue weighted by Gasteiger charge is 2.22. The minimum atomic E-state index is -1.02. The van der Waals surface area contributed by atoms with E-state index in [1.54, 1.807) is 11.3 Å².